The van der Waals surface area contributed by atoms with E-state index < -0.39 is 11.3 Å². The summed E-state index contributed by atoms with van der Waals surface area (Å²) in [6, 6.07) is 21.9. The van der Waals surface area contributed by atoms with Crippen LogP contribution >= 0.6 is 0 Å². The molecule has 4 rings (SSSR count). The number of pyridine rings is 1. The van der Waals surface area contributed by atoms with E-state index in [0.717, 1.165) is 16.8 Å². The summed E-state index contributed by atoms with van der Waals surface area (Å²) >= 11 is 0. The normalized spacial score (nSPS) is 12.2. The summed E-state index contributed by atoms with van der Waals surface area (Å²) in [5.41, 5.74) is 2.40. The van der Waals surface area contributed by atoms with Crippen LogP contribution in [0.15, 0.2) is 89.7 Å². The molecule has 0 aliphatic heterocycles. The molecule has 0 amide bonds. The number of allylic oxidation sites excluding steroid dienone is 1. The van der Waals surface area contributed by atoms with Crippen molar-refractivity contribution in [2.24, 2.45) is 7.05 Å². The van der Waals surface area contributed by atoms with E-state index in [1.165, 1.54) is 10.6 Å². The minimum atomic E-state index is -0.545. The van der Waals surface area contributed by atoms with Gasteiger partial charge in [0.2, 0.25) is 0 Å². The van der Waals surface area contributed by atoms with Crippen LogP contribution in [0.2, 0.25) is 0 Å². The Kier molecular flexibility index (Phi) is 6.50. The molecule has 0 unspecified atom stereocenters. The van der Waals surface area contributed by atoms with Gasteiger partial charge in [-0.2, -0.15) is 0 Å². The maximum absolute atomic E-state index is 12.9. The highest BCUT2D eigenvalue weighted by atomic mass is 16.3. The third-order valence-electron chi connectivity index (χ3n) is 5.90. The Bertz CT molecular complexity index is 1440. The predicted molar refractivity (Wildman–Crippen MR) is 135 cm³/mol. The van der Waals surface area contributed by atoms with Gasteiger partial charge in [0, 0.05) is 18.1 Å². The molecule has 0 spiro atoms. The molecular weight excluding hydrogens is 428 g/mol. The third kappa shape index (κ3) is 4.57. The number of benzene rings is 3. The average molecular weight is 455 g/mol. The fraction of sp³-hybridized carbons (Fsp3) is 0.143. The highest BCUT2D eigenvalue weighted by molar-refractivity contribution is 6.09. The standard InChI is InChI=1S/C28H26N2O4/c1-18-17-20(15-16-24(18)31)29-22(19-9-4-3-5-10-19)12-8-14-25(32)26-27(33)21-11-6-7-13-23(21)30(2)28(26)34/h3-11,13-17,22,29,31,33H,12H2,1-2H3/t22-/m1/s1. The Morgan fingerprint density at radius 3 is 2.47 bits per heavy atom. The molecule has 0 fully saturated rings. The van der Waals surface area contributed by atoms with Crippen LogP contribution in [0.4, 0.5) is 5.69 Å². The number of phenols is 1. The van der Waals surface area contributed by atoms with E-state index in [4.69, 9.17) is 0 Å². The quantitative estimate of drug-likeness (QED) is 0.202. The first-order valence-electron chi connectivity index (χ1n) is 11.0. The Labute approximate surface area is 197 Å². The minimum absolute atomic E-state index is 0.151. The summed E-state index contributed by atoms with van der Waals surface area (Å²) in [6.07, 6.45) is 3.50. The van der Waals surface area contributed by atoms with E-state index in [9.17, 15) is 19.8 Å². The van der Waals surface area contributed by atoms with Crippen molar-refractivity contribution in [2.75, 3.05) is 5.32 Å². The number of carbonyl (C=O) groups is 1. The van der Waals surface area contributed by atoms with E-state index in [2.05, 4.69) is 5.32 Å². The Morgan fingerprint density at radius 1 is 1.03 bits per heavy atom. The number of aromatic nitrogens is 1. The summed E-state index contributed by atoms with van der Waals surface area (Å²) in [7, 11) is 1.58. The number of rotatable bonds is 7. The van der Waals surface area contributed by atoms with Gasteiger partial charge in [0.05, 0.1) is 11.6 Å². The molecule has 6 nitrogen and oxygen atoms in total. The molecule has 0 radical (unpaired) electrons. The van der Waals surface area contributed by atoms with Crippen molar-refractivity contribution in [1.29, 1.82) is 0 Å². The van der Waals surface area contributed by atoms with Crippen molar-refractivity contribution in [1.82, 2.24) is 4.57 Å². The van der Waals surface area contributed by atoms with E-state index in [1.807, 2.05) is 43.3 Å². The fourth-order valence-corrected chi connectivity index (χ4v) is 4.01. The van der Waals surface area contributed by atoms with Crippen LogP contribution in [-0.2, 0) is 7.05 Å². The molecule has 6 heteroatoms. The van der Waals surface area contributed by atoms with Crippen LogP contribution in [0.1, 0.15) is 33.9 Å². The lowest BCUT2D eigenvalue weighted by molar-refractivity contribution is 0.104. The van der Waals surface area contributed by atoms with Gasteiger partial charge in [-0.1, -0.05) is 48.5 Å². The number of nitrogens with one attached hydrogen (secondary N) is 1. The molecule has 172 valence electrons. The maximum atomic E-state index is 12.9. The second-order valence-corrected chi connectivity index (χ2v) is 8.22. The van der Waals surface area contributed by atoms with Gasteiger partial charge in [-0.3, -0.25) is 9.59 Å². The topological polar surface area (TPSA) is 91.6 Å². The third-order valence-corrected chi connectivity index (χ3v) is 5.90. The molecule has 1 heterocycles. The van der Waals surface area contributed by atoms with Gasteiger partial charge in [-0.05, 0) is 60.9 Å². The summed E-state index contributed by atoms with van der Waals surface area (Å²) in [6.45, 7) is 1.83. The Hall–Kier alpha value is -4.32. The van der Waals surface area contributed by atoms with E-state index in [-0.39, 0.29) is 23.1 Å². The number of phenolic OH excluding ortho intramolecular Hbond substituents is 1. The first-order chi connectivity index (χ1) is 16.4. The molecule has 0 saturated carbocycles. The number of carbonyl (C=O) groups excluding carboxylic acids is 1. The lowest BCUT2D eigenvalue weighted by Gasteiger charge is -2.19. The van der Waals surface area contributed by atoms with Crippen LogP contribution in [-0.4, -0.2) is 20.6 Å². The number of aryl methyl sites for hydroxylation is 2. The second-order valence-electron chi connectivity index (χ2n) is 8.22. The molecule has 0 saturated heterocycles. The molecule has 34 heavy (non-hydrogen) atoms. The van der Waals surface area contributed by atoms with E-state index >= 15 is 0 Å². The van der Waals surface area contributed by atoms with Gasteiger partial charge in [-0.15, -0.1) is 0 Å². The SMILES string of the molecule is Cc1cc(N[C@H](CC=CC(=O)c2c(O)c3ccccc3n(C)c2=O)c2ccccc2)ccc1O. The molecular formula is C28H26N2O4. The van der Waals surface area contributed by atoms with Crippen molar-refractivity contribution in [2.45, 2.75) is 19.4 Å². The van der Waals surface area contributed by atoms with Crippen molar-refractivity contribution in [3.63, 3.8) is 0 Å². The van der Waals surface area contributed by atoms with Crippen molar-refractivity contribution in [3.05, 3.63) is 112 Å². The van der Waals surface area contributed by atoms with E-state index in [1.54, 1.807) is 49.5 Å². The molecule has 4 aromatic rings. The van der Waals surface area contributed by atoms with Crippen molar-refractivity contribution >= 4 is 22.4 Å². The zero-order valence-electron chi connectivity index (χ0n) is 19.0. The fourth-order valence-electron chi connectivity index (χ4n) is 4.01. The summed E-state index contributed by atoms with van der Waals surface area (Å²) in [5, 5.41) is 24.4. The Morgan fingerprint density at radius 2 is 1.74 bits per heavy atom. The molecule has 0 aliphatic carbocycles. The number of hydrogen-bond acceptors (Lipinski definition) is 5. The van der Waals surface area contributed by atoms with Crippen LogP contribution in [0, 0.1) is 6.92 Å². The number of ketones is 1. The lowest BCUT2D eigenvalue weighted by atomic mass is 10.0. The second kappa shape index (κ2) is 9.67. The van der Waals surface area contributed by atoms with Crippen molar-refractivity contribution in [3.8, 4) is 11.5 Å². The average Bonchev–Trinajstić information content (AvgIpc) is 2.85. The molecule has 3 aromatic carbocycles. The monoisotopic (exact) mass is 454 g/mol. The van der Waals surface area contributed by atoms with Crippen molar-refractivity contribution < 1.29 is 15.0 Å². The zero-order valence-corrected chi connectivity index (χ0v) is 19.0. The summed E-state index contributed by atoms with van der Waals surface area (Å²) in [5.74, 6) is -0.620. The van der Waals surface area contributed by atoms with Crippen LogP contribution < -0.4 is 10.9 Å². The first-order valence-corrected chi connectivity index (χ1v) is 11.0. The number of nitrogens with zero attached hydrogens (tertiary/aromatic N) is 1. The smallest absolute Gasteiger partial charge is 0.265 e. The van der Waals surface area contributed by atoms with Gasteiger partial charge in [0.1, 0.15) is 17.1 Å². The number of para-hydroxylation sites is 1. The molecule has 0 aliphatic rings. The molecule has 0 bridgehead atoms. The molecule has 1 atom stereocenters. The first kappa shape index (κ1) is 22.9. The van der Waals surface area contributed by atoms with Gasteiger partial charge in [0.15, 0.2) is 5.78 Å². The molecule has 3 N–H and O–H groups in total. The largest absolute Gasteiger partial charge is 0.508 e. The molecule has 1 aromatic heterocycles. The number of hydrogen-bond donors (Lipinski definition) is 3. The minimum Gasteiger partial charge on any atom is -0.508 e. The summed E-state index contributed by atoms with van der Waals surface area (Å²) in [4.78, 5) is 25.7. The highest BCUT2D eigenvalue weighted by Crippen LogP contribution is 2.28. The highest BCUT2D eigenvalue weighted by Gasteiger charge is 2.19. The Balaban J connectivity index is 1.61. The van der Waals surface area contributed by atoms with Crippen LogP contribution in [0.5, 0.6) is 11.5 Å². The number of aromatic hydroxyl groups is 2. The lowest BCUT2D eigenvalue weighted by Crippen LogP contribution is -2.24. The number of anilines is 1. The van der Waals surface area contributed by atoms with E-state index in [0.29, 0.717) is 17.3 Å². The van der Waals surface area contributed by atoms with Gasteiger partial charge < -0.3 is 20.1 Å². The maximum Gasteiger partial charge on any atom is 0.265 e. The predicted octanol–water partition coefficient (Wildman–Crippen LogP) is 5.24. The van der Waals surface area contributed by atoms with Gasteiger partial charge in [0.25, 0.3) is 5.56 Å². The summed E-state index contributed by atoms with van der Waals surface area (Å²) < 4.78 is 1.37. The van der Waals surface area contributed by atoms with Gasteiger partial charge in [-0.25, -0.2) is 0 Å². The van der Waals surface area contributed by atoms with Crippen LogP contribution in [0.25, 0.3) is 10.9 Å². The van der Waals surface area contributed by atoms with Crippen LogP contribution in [0.3, 0.4) is 0 Å². The zero-order chi connectivity index (χ0) is 24.2. The van der Waals surface area contributed by atoms with Gasteiger partial charge >= 0.3 is 0 Å². The number of fused-ring (bicyclic) bond motifs is 1.